The van der Waals surface area contributed by atoms with Crippen molar-refractivity contribution in [3.63, 3.8) is 0 Å². The Labute approximate surface area is 77.4 Å². The van der Waals surface area contributed by atoms with E-state index in [9.17, 15) is 4.79 Å². The molecule has 0 radical (unpaired) electrons. The summed E-state index contributed by atoms with van der Waals surface area (Å²) in [5.74, 6) is 0. The number of carbonyl (C=O) groups excluding carboxylic acids is 1. The van der Waals surface area contributed by atoms with E-state index in [2.05, 4.69) is 17.9 Å². The van der Waals surface area contributed by atoms with Crippen LogP contribution in [0.5, 0.6) is 0 Å². The van der Waals surface area contributed by atoms with Crippen molar-refractivity contribution in [2.75, 3.05) is 0 Å². The Kier molecular flexibility index (Phi) is 3.17. The summed E-state index contributed by atoms with van der Waals surface area (Å²) >= 11 is 3.64. The Bertz CT molecular complexity index is 260. The molecule has 3 heteroatoms. The molecule has 1 amide bonds. The van der Waals surface area contributed by atoms with Crippen LogP contribution in [0.4, 0.5) is 4.79 Å². The maximum atomic E-state index is 10.6. The third-order valence-corrected chi connectivity index (χ3v) is 1.77. The highest BCUT2D eigenvalue weighted by Gasteiger charge is 2.04. The van der Waals surface area contributed by atoms with Gasteiger partial charge in [-0.3, -0.25) is 4.79 Å². The molecule has 1 aromatic carbocycles. The molecule has 0 spiro atoms. The molecule has 64 valence electrons. The third kappa shape index (κ3) is 2.58. The molecule has 1 N–H and O–H groups in total. The lowest BCUT2D eigenvalue weighted by atomic mass is 10.1. The van der Waals surface area contributed by atoms with Crippen LogP contribution in [0.2, 0.25) is 0 Å². The van der Waals surface area contributed by atoms with Gasteiger partial charge in [0.25, 0.3) is 5.24 Å². The second-order valence-corrected chi connectivity index (χ2v) is 2.99. The van der Waals surface area contributed by atoms with Gasteiger partial charge in [-0.15, -0.1) is 0 Å². The molecule has 0 aliphatic carbocycles. The topological polar surface area (TPSA) is 29.1 Å². The molecule has 0 saturated heterocycles. The Balaban J connectivity index is 2.65. The van der Waals surface area contributed by atoms with Gasteiger partial charge < -0.3 is 5.32 Å². The van der Waals surface area contributed by atoms with E-state index < -0.39 is 0 Å². The van der Waals surface area contributed by atoms with Gasteiger partial charge in [0.1, 0.15) is 0 Å². The fourth-order valence-corrected chi connectivity index (χ4v) is 1.20. The van der Waals surface area contributed by atoms with E-state index in [1.54, 1.807) is 0 Å². The summed E-state index contributed by atoms with van der Waals surface area (Å²) in [6.07, 6.45) is 0. The third-order valence-electron chi connectivity index (χ3n) is 1.64. The average molecular weight is 181 g/mol. The van der Waals surface area contributed by atoms with E-state index in [0.717, 1.165) is 5.56 Å². The van der Waals surface area contributed by atoms with Crippen molar-refractivity contribution in [3.05, 3.63) is 35.9 Å². The van der Waals surface area contributed by atoms with Crippen LogP contribution in [0, 0.1) is 0 Å². The number of rotatable bonds is 2. The first-order chi connectivity index (χ1) is 5.70. The molecule has 0 bridgehead atoms. The first-order valence-electron chi connectivity index (χ1n) is 3.74. The van der Waals surface area contributed by atoms with Crippen LogP contribution in [-0.4, -0.2) is 5.24 Å². The summed E-state index contributed by atoms with van der Waals surface area (Å²) in [6, 6.07) is 9.78. The molecule has 12 heavy (non-hydrogen) atoms. The van der Waals surface area contributed by atoms with Crippen molar-refractivity contribution in [1.82, 2.24) is 5.32 Å². The first kappa shape index (κ1) is 9.13. The molecule has 0 aliphatic heterocycles. The minimum absolute atomic E-state index is 0.0243. The first-order valence-corrected chi connectivity index (χ1v) is 4.19. The number of hydrogen-bond acceptors (Lipinski definition) is 1. The van der Waals surface area contributed by atoms with Gasteiger partial charge in [0, 0.05) is 0 Å². The highest BCUT2D eigenvalue weighted by atomic mass is 32.1. The van der Waals surface area contributed by atoms with Crippen LogP contribution >= 0.6 is 12.6 Å². The van der Waals surface area contributed by atoms with Gasteiger partial charge in [-0.1, -0.05) is 43.0 Å². The highest BCUT2D eigenvalue weighted by Crippen LogP contribution is 2.10. The van der Waals surface area contributed by atoms with Crippen molar-refractivity contribution < 1.29 is 4.79 Å². The van der Waals surface area contributed by atoms with E-state index in [-0.39, 0.29) is 11.3 Å². The van der Waals surface area contributed by atoms with Crippen molar-refractivity contribution in [2.24, 2.45) is 0 Å². The van der Waals surface area contributed by atoms with Crippen LogP contribution in [0.25, 0.3) is 0 Å². The molecule has 0 heterocycles. The fraction of sp³-hybridized carbons (Fsp3) is 0.222. The lowest BCUT2D eigenvalue weighted by molar-refractivity contribution is 0.258. The van der Waals surface area contributed by atoms with Crippen molar-refractivity contribution in [2.45, 2.75) is 13.0 Å². The van der Waals surface area contributed by atoms with E-state index in [0.29, 0.717) is 0 Å². The maximum Gasteiger partial charge on any atom is 0.276 e. The summed E-state index contributed by atoms with van der Waals surface area (Å²) in [5.41, 5.74) is 1.08. The van der Waals surface area contributed by atoms with Crippen LogP contribution < -0.4 is 5.32 Å². The standard InChI is InChI=1S/C9H11NOS/c1-7(10-9(11)12)8-5-3-2-4-6-8/h2-7H,1H3,(H2,10,11,12). The highest BCUT2D eigenvalue weighted by molar-refractivity contribution is 7.96. The fourth-order valence-electron chi connectivity index (χ4n) is 1.01. The number of nitrogens with one attached hydrogen (secondary N) is 1. The molecule has 0 saturated carbocycles. The predicted octanol–water partition coefficient (Wildman–Crippen LogP) is 2.39. The van der Waals surface area contributed by atoms with Crippen molar-refractivity contribution >= 4 is 17.9 Å². The van der Waals surface area contributed by atoms with E-state index in [1.165, 1.54) is 0 Å². The number of amides is 1. The zero-order chi connectivity index (χ0) is 8.97. The summed E-state index contributed by atoms with van der Waals surface area (Å²) < 4.78 is 0. The Morgan fingerprint density at radius 3 is 2.50 bits per heavy atom. The van der Waals surface area contributed by atoms with Gasteiger partial charge in [0.2, 0.25) is 0 Å². The lowest BCUT2D eigenvalue weighted by Gasteiger charge is -2.11. The lowest BCUT2D eigenvalue weighted by Crippen LogP contribution is -2.20. The summed E-state index contributed by atoms with van der Waals surface area (Å²) in [4.78, 5) is 10.6. The quantitative estimate of drug-likeness (QED) is 0.674. The van der Waals surface area contributed by atoms with Gasteiger partial charge in [-0.25, -0.2) is 0 Å². The monoisotopic (exact) mass is 181 g/mol. The maximum absolute atomic E-state index is 10.6. The molecule has 1 aromatic rings. The molecule has 1 rings (SSSR count). The van der Waals surface area contributed by atoms with Gasteiger partial charge >= 0.3 is 0 Å². The van der Waals surface area contributed by atoms with Crippen molar-refractivity contribution in [1.29, 1.82) is 0 Å². The minimum Gasteiger partial charge on any atom is -0.341 e. The summed E-state index contributed by atoms with van der Waals surface area (Å²) in [7, 11) is 0. The SMILES string of the molecule is CC(NC(=O)S)c1ccccc1. The summed E-state index contributed by atoms with van der Waals surface area (Å²) in [6.45, 7) is 1.92. The predicted molar refractivity (Wildman–Crippen MR) is 52.4 cm³/mol. The Hall–Kier alpha value is -0.960. The smallest absolute Gasteiger partial charge is 0.276 e. The number of thiol groups is 1. The van der Waals surface area contributed by atoms with Gasteiger partial charge in [0.15, 0.2) is 0 Å². The number of hydrogen-bond donors (Lipinski definition) is 2. The van der Waals surface area contributed by atoms with Crippen LogP contribution in [-0.2, 0) is 0 Å². The average Bonchev–Trinajstić information content (AvgIpc) is 2.05. The second-order valence-electron chi connectivity index (χ2n) is 2.58. The van der Waals surface area contributed by atoms with Gasteiger partial charge in [-0.05, 0) is 12.5 Å². The van der Waals surface area contributed by atoms with Gasteiger partial charge in [-0.2, -0.15) is 0 Å². The second kappa shape index (κ2) is 4.16. The zero-order valence-corrected chi connectivity index (χ0v) is 7.71. The molecular weight excluding hydrogens is 170 g/mol. The molecule has 0 fully saturated rings. The van der Waals surface area contributed by atoms with E-state index >= 15 is 0 Å². The van der Waals surface area contributed by atoms with Gasteiger partial charge in [0.05, 0.1) is 6.04 Å². The molecule has 1 atom stereocenters. The minimum atomic E-state index is -0.300. The Morgan fingerprint density at radius 1 is 1.42 bits per heavy atom. The van der Waals surface area contributed by atoms with Crippen molar-refractivity contribution in [3.8, 4) is 0 Å². The number of carbonyl (C=O) groups is 1. The molecule has 1 unspecified atom stereocenters. The molecule has 0 aromatic heterocycles. The zero-order valence-electron chi connectivity index (χ0n) is 6.82. The van der Waals surface area contributed by atoms with Crippen LogP contribution in [0.15, 0.2) is 30.3 Å². The molecule has 2 nitrogen and oxygen atoms in total. The van der Waals surface area contributed by atoms with Crippen LogP contribution in [0.1, 0.15) is 18.5 Å². The Morgan fingerprint density at radius 2 is 2.00 bits per heavy atom. The van der Waals surface area contributed by atoms with Crippen LogP contribution in [0.3, 0.4) is 0 Å². The van der Waals surface area contributed by atoms with E-state index in [4.69, 9.17) is 0 Å². The van der Waals surface area contributed by atoms with E-state index in [1.807, 2.05) is 37.3 Å². The largest absolute Gasteiger partial charge is 0.341 e. The number of benzene rings is 1. The normalized spacial score (nSPS) is 12.2. The molecular formula is C9H11NOS. The molecule has 0 aliphatic rings. The summed E-state index contributed by atoms with van der Waals surface area (Å²) in [5, 5.41) is 2.38.